The lowest BCUT2D eigenvalue weighted by atomic mass is 9.80. The fourth-order valence-electron chi connectivity index (χ4n) is 4.41. The van der Waals surface area contributed by atoms with Crippen LogP contribution >= 0.6 is 11.8 Å². The van der Waals surface area contributed by atoms with Gasteiger partial charge >= 0.3 is 6.18 Å². The largest absolute Gasteiger partial charge is 0.496 e. The highest BCUT2D eigenvalue weighted by atomic mass is 32.2. The molecule has 1 heterocycles. The molecule has 1 aliphatic heterocycles. The molecule has 1 saturated heterocycles. The molecule has 174 valence electrons. The van der Waals surface area contributed by atoms with E-state index in [1.54, 1.807) is 31.5 Å². The molecule has 9 heteroatoms. The summed E-state index contributed by atoms with van der Waals surface area (Å²) < 4.78 is 60.3. The van der Waals surface area contributed by atoms with Gasteiger partial charge in [-0.25, -0.2) is 4.39 Å². The molecular weight excluding hydrogens is 444 g/mol. The van der Waals surface area contributed by atoms with Crippen molar-refractivity contribution in [2.24, 2.45) is 0 Å². The first-order valence-corrected chi connectivity index (χ1v) is 11.3. The average molecular weight is 471 g/mol. The van der Waals surface area contributed by atoms with Crippen LogP contribution in [-0.4, -0.2) is 56.3 Å². The smallest absolute Gasteiger partial charge is 0.416 e. The van der Waals surface area contributed by atoms with Gasteiger partial charge in [-0.3, -0.25) is 4.79 Å². The Balaban J connectivity index is 2.16. The Morgan fingerprint density at radius 1 is 1.25 bits per heavy atom. The Bertz CT molecular complexity index is 973. The van der Waals surface area contributed by atoms with Crippen molar-refractivity contribution in [3.05, 3.63) is 58.9 Å². The molecule has 2 aromatic carbocycles. The van der Waals surface area contributed by atoms with Gasteiger partial charge in [-0.15, -0.1) is 11.8 Å². The highest BCUT2D eigenvalue weighted by molar-refractivity contribution is 7.98. The molecule has 0 N–H and O–H groups in total. The number of thioether (sulfide) groups is 1. The first kappa shape index (κ1) is 24.4. The minimum Gasteiger partial charge on any atom is -0.496 e. The van der Waals surface area contributed by atoms with Crippen molar-refractivity contribution in [1.82, 2.24) is 9.80 Å². The third-order valence-corrected chi connectivity index (χ3v) is 6.79. The van der Waals surface area contributed by atoms with Crippen LogP contribution < -0.4 is 4.74 Å². The van der Waals surface area contributed by atoms with E-state index >= 15 is 0 Å². The van der Waals surface area contributed by atoms with Crippen LogP contribution in [0.15, 0.2) is 41.3 Å². The van der Waals surface area contributed by atoms with E-state index in [0.717, 1.165) is 36.9 Å². The summed E-state index contributed by atoms with van der Waals surface area (Å²) in [6.07, 6.45) is -1.71. The van der Waals surface area contributed by atoms with Gasteiger partial charge in [-0.1, -0.05) is 18.2 Å². The highest BCUT2D eigenvalue weighted by Crippen LogP contribution is 2.42. The fraction of sp³-hybridized carbons (Fsp3) is 0.435. The number of likely N-dealkylation sites (N-methyl/N-ethyl adjacent to an activating group) is 2. The molecule has 4 nitrogen and oxygen atoms in total. The van der Waals surface area contributed by atoms with E-state index in [9.17, 15) is 22.4 Å². The van der Waals surface area contributed by atoms with Crippen molar-refractivity contribution < 1.29 is 27.1 Å². The first-order chi connectivity index (χ1) is 15.0. The van der Waals surface area contributed by atoms with E-state index in [1.165, 1.54) is 18.1 Å². The predicted octanol–water partition coefficient (Wildman–Crippen LogP) is 5.27. The van der Waals surface area contributed by atoms with Gasteiger partial charge in [-0.05, 0) is 50.9 Å². The molecule has 0 saturated carbocycles. The summed E-state index contributed by atoms with van der Waals surface area (Å²) in [6, 6.07) is 8.12. The maximum absolute atomic E-state index is 14.9. The molecule has 1 atom stereocenters. The minimum atomic E-state index is -4.58. The molecule has 1 amide bonds. The van der Waals surface area contributed by atoms with Gasteiger partial charge < -0.3 is 14.5 Å². The molecule has 1 fully saturated rings. The van der Waals surface area contributed by atoms with E-state index in [2.05, 4.69) is 0 Å². The van der Waals surface area contributed by atoms with Crippen molar-refractivity contribution in [3.63, 3.8) is 0 Å². The quantitative estimate of drug-likeness (QED) is 0.440. The van der Waals surface area contributed by atoms with Gasteiger partial charge in [-0.2, -0.15) is 13.2 Å². The average Bonchev–Trinajstić information content (AvgIpc) is 2.76. The van der Waals surface area contributed by atoms with Crippen LogP contribution in [0.3, 0.4) is 0 Å². The lowest BCUT2D eigenvalue weighted by Crippen LogP contribution is -2.56. The van der Waals surface area contributed by atoms with E-state index in [-0.39, 0.29) is 16.2 Å². The molecule has 1 unspecified atom stereocenters. The number of methoxy groups -OCH3 is 1. The van der Waals surface area contributed by atoms with Crippen LogP contribution in [-0.2, 0) is 11.7 Å². The Labute approximate surface area is 189 Å². The summed E-state index contributed by atoms with van der Waals surface area (Å²) in [5.74, 6) is -1.10. The number of amides is 1. The molecule has 0 spiro atoms. The zero-order valence-electron chi connectivity index (χ0n) is 18.4. The SMILES string of the molecule is COc1cc(C(F)(F)F)cc(SC)c1C(=O)N(C)C1(c2ccccc2F)CCCN(C)C1. The fourth-order valence-corrected chi connectivity index (χ4v) is 5.04. The summed E-state index contributed by atoms with van der Waals surface area (Å²) in [5.41, 5.74) is -1.43. The summed E-state index contributed by atoms with van der Waals surface area (Å²) in [7, 11) is 4.71. The highest BCUT2D eigenvalue weighted by Gasteiger charge is 2.45. The maximum atomic E-state index is 14.9. The number of benzene rings is 2. The Hall–Kier alpha value is -2.26. The molecule has 3 rings (SSSR count). The molecule has 2 aromatic rings. The zero-order valence-corrected chi connectivity index (χ0v) is 19.2. The molecule has 0 radical (unpaired) electrons. The van der Waals surface area contributed by atoms with Gasteiger partial charge in [0, 0.05) is 24.1 Å². The van der Waals surface area contributed by atoms with Crippen LogP contribution in [0.1, 0.15) is 34.3 Å². The molecule has 0 aliphatic carbocycles. The second-order valence-electron chi connectivity index (χ2n) is 7.97. The van der Waals surface area contributed by atoms with Gasteiger partial charge in [0.25, 0.3) is 5.91 Å². The van der Waals surface area contributed by atoms with Crippen LogP contribution in [0.5, 0.6) is 5.75 Å². The number of carbonyl (C=O) groups is 1. The molecule has 32 heavy (non-hydrogen) atoms. The number of carbonyl (C=O) groups excluding carboxylic acids is 1. The van der Waals surface area contributed by atoms with E-state index < -0.39 is 29.0 Å². The zero-order chi connectivity index (χ0) is 23.7. The Morgan fingerprint density at radius 3 is 2.50 bits per heavy atom. The molecule has 0 aromatic heterocycles. The second-order valence-corrected chi connectivity index (χ2v) is 8.82. The van der Waals surface area contributed by atoms with Gasteiger partial charge in [0.15, 0.2) is 0 Å². The summed E-state index contributed by atoms with van der Waals surface area (Å²) in [5, 5.41) is 0. The van der Waals surface area contributed by atoms with Gasteiger partial charge in [0.2, 0.25) is 0 Å². The molecule has 0 bridgehead atoms. The maximum Gasteiger partial charge on any atom is 0.416 e. The predicted molar refractivity (Wildman–Crippen MR) is 117 cm³/mol. The van der Waals surface area contributed by atoms with E-state index in [1.807, 2.05) is 11.9 Å². The third kappa shape index (κ3) is 4.45. The van der Waals surface area contributed by atoms with Gasteiger partial charge in [0.05, 0.1) is 23.8 Å². The lowest BCUT2D eigenvalue weighted by Gasteiger charge is -2.48. The van der Waals surface area contributed by atoms with Crippen molar-refractivity contribution in [3.8, 4) is 5.75 Å². The number of rotatable bonds is 5. The number of halogens is 4. The summed E-state index contributed by atoms with van der Waals surface area (Å²) in [4.78, 5) is 17.4. The van der Waals surface area contributed by atoms with Gasteiger partial charge in [0.1, 0.15) is 11.6 Å². The van der Waals surface area contributed by atoms with Crippen LogP contribution in [0, 0.1) is 5.82 Å². The van der Waals surface area contributed by atoms with Crippen LogP contribution in [0.2, 0.25) is 0 Å². The Morgan fingerprint density at radius 2 is 1.94 bits per heavy atom. The van der Waals surface area contributed by atoms with Crippen molar-refractivity contribution >= 4 is 17.7 Å². The topological polar surface area (TPSA) is 32.8 Å². The number of nitrogens with zero attached hydrogens (tertiary/aromatic N) is 2. The minimum absolute atomic E-state index is 0.0411. The number of likely N-dealkylation sites (tertiary alicyclic amines) is 1. The number of alkyl halides is 3. The van der Waals surface area contributed by atoms with Crippen molar-refractivity contribution in [1.29, 1.82) is 0 Å². The van der Waals surface area contributed by atoms with Crippen LogP contribution in [0.4, 0.5) is 17.6 Å². The van der Waals surface area contributed by atoms with Crippen molar-refractivity contribution in [2.45, 2.75) is 29.5 Å². The second kappa shape index (κ2) is 9.31. The number of hydrogen-bond acceptors (Lipinski definition) is 4. The van der Waals surface area contributed by atoms with Crippen LogP contribution in [0.25, 0.3) is 0 Å². The number of piperidine rings is 1. The first-order valence-electron chi connectivity index (χ1n) is 10.1. The van der Waals surface area contributed by atoms with E-state index in [0.29, 0.717) is 18.5 Å². The number of hydrogen-bond donors (Lipinski definition) is 0. The normalized spacial score (nSPS) is 19.6. The van der Waals surface area contributed by atoms with E-state index in [4.69, 9.17) is 4.74 Å². The number of ether oxygens (including phenoxy) is 1. The lowest BCUT2D eigenvalue weighted by molar-refractivity contribution is -0.137. The third-order valence-electron chi connectivity index (χ3n) is 6.03. The summed E-state index contributed by atoms with van der Waals surface area (Å²) >= 11 is 1.03. The van der Waals surface area contributed by atoms with Crippen molar-refractivity contribution in [2.75, 3.05) is 40.6 Å². The monoisotopic (exact) mass is 470 g/mol. The Kier molecular flexibility index (Phi) is 7.09. The standard InChI is InChI=1S/C23H26F4N2O2S/c1-28-11-7-10-22(14-28,16-8-5-6-9-17(16)24)29(2)21(30)20-18(31-3)12-15(23(25,26)27)13-19(20)32-4/h5-6,8-9,12-13H,7,10-11,14H2,1-4H3. The summed E-state index contributed by atoms with van der Waals surface area (Å²) in [6.45, 7) is 1.20. The molecular formula is C23H26F4N2O2S. The molecule has 1 aliphatic rings.